The number of hydrogen-bond donors (Lipinski definition) is 1. The number of halogens is 4. The third-order valence-corrected chi connectivity index (χ3v) is 6.63. The van der Waals surface area contributed by atoms with Crippen LogP contribution in [0.3, 0.4) is 0 Å². The van der Waals surface area contributed by atoms with E-state index in [1.165, 1.54) is 0 Å². The van der Waals surface area contributed by atoms with Gasteiger partial charge in [0.15, 0.2) is 0 Å². The molecule has 0 atom stereocenters. The molecular weight excluding hydrogens is 382 g/mol. The molecule has 0 aliphatic rings. The van der Waals surface area contributed by atoms with E-state index in [0.717, 1.165) is 28.8 Å². The quantitative estimate of drug-likeness (QED) is 0.741. The molecule has 2 aromatic carbocycles. The summed E-state index contributed by atoms with van der Waals surface area (Å²) in [6.07, 6.45) is -4.71. The molecule has 27 heavy (non-hydrogen) atoms. The van der Waals surface area contributed by atoms with Crippen LogP contribution in [0.1, 0.15) is 38.9 Å². The molecular formula is C19H21F4NO2S. The number of sulfonamides is 1. The molecule has 0 radical (unpaired) electrons. The summed E-state index contributed by atoms with van der Waals surface area (Å²) in [5.41, 5.74) is 2.56. The molecule has 0 fully saturated rings. The first-order chi connectivity index (χ1) is 12.3. The highest BCUT2D eigenvalue weighted by molar-refractivity contribution is 7.89. The Bertz CT molecular complexity index is 967. The molecule has 0 aromatic heterocycles. The molecule has 0 aliphatic carbocycles. The van der Waals surface area contributed by atoms with Gasteiger partial charge >= 0.3 is 6.18 Å². The molecule has 0 bridgehead atoms. The van der Waals surface area contributed by atoms with Crippen LogP contribution >= 0.6 is 0 Å². The summed E-state index contributed by atoms with van der Waals surface area (Å²) in [4.78, 5) is 0.107. The highest BCUT2D eigenvalue weighted by Gasteiger charge is 2.31. The van der Waals surface area contributed by atoms with Crippen molar-refractivity contribution in [3.05, 3.63) is 63.0 Å². The molecule has 2 rings (SSSR count). The molecule has 0 unspecified atom stereocenters. The average molecular weight is 403 g/mol. The Labute approximate surface area is 156 Å². The van der Waals surface area contributed by atoms with Crippen molar-refractivity contribution in [3.8, 4) is 0 Å². The van der Waals surface area contributed by atoms with Crippen molar-refractivity contribution in [1.82, 2.24) is 4.72 Å². The van der Waals surface area contributed by atoms with Crippen LogP contribution in [0, 0.1) is 40.4 Å². The van der Waals surface area contributed by atoms with Crippen LogP contribution in [0.15, 0.2) is 23.1 Å². The second-order valence-corrected chi connectivity index (χ2v) is 8.33. The number of hydrogen-bond acceptors (Lipinski definition) is 2. The molecule has 1 N–H and O–H groups in total. The van der Waals surface area contributed by atoms with Crippen LogP contribution in [-0.4, -0.2) is 8.42 Å². The van der Waals surface area contributed by atoms with Crippen LogP contribution in [0.5, 0.6) is 0 Å². The van der Waals surface area contributed by atoms with Crippen molar-refractivity contribution in [2.45, 2.75) is 52.2 Å². The molecule has 0 amide bonds. The summed E-state index contributed by atoms with van der Waals surface area (Å²) >= 11 is 0. The SMILES string of the molecule is Cc1c(C)c(C)c(S(=O)(=O)NCc2cc(F)cc(C(F)(F)F)c2)c(C)c1C. The monoisotopic (exact) mass is 403 g/mol. The number of rotatable bonds is 4. The van der Waals surface area contributed by atoms with Crippen molar-refractivity contribution in [3.63, 3.8) is 0 Å². The number of alkyl halides is 3. The van der Waals surface area contributed by atoms with Gasteiger partial charge in [0.25, 0.3) is 0 Å². The first-order valence-electron chi connectivity index (χ1n) is 8.19. The maximum atomic E-state index is 13.5. The van der Waals surface area contributed by atoms with Gasteiger partial charge in [-0.2, -0.15) is 13.2 Å². The highest BCUT2D eigenvalue weighted by Crippen LogP contribution is 2.31. The predicted molar refractivity (Wildman–Crippen MR) is 95.6 cm³/mol. The van der Waals surface area contributed by atoms with Gasteiger partial charge in [-0.05, 0) is 86.2 Å². The van der Waals surface area contributed by atoms with Crippen LogP contribution < -0.4 is 4.72 Å². The Morgan fingerprint density at radius 1 is 0.852 bits per heavy atom. The number of benzene rings is 2. The van der Waals surface area contributed by atoms with Crippen LogP contribution in [0.2, 0.25) is 0 Å². The molecule has 0 saturated carbocycles. The molecule has 0 spiro atoms. The Morgan fingerprint density at radius 3 is 1.81 bits per heavy atom. The fourth-order valence-corrected chi connectivity index (χ4v) is 4.65. The van der Waals surface area contributed by atoms with Crippen molar-refractivity contribution in [2.24, 2.45) is 0 Å². The molecule has 0 aliphatic heterocycles. The van der Waals surface area contributed by atoms with E-state index in [-0.39, 0.29) is 10.5 Å². The highest BCUT2D eigenvalue weighted by atomic mass is 32.2. The van der Waals surface area contributed by atoms with Gasteiger partial charge in [0, 0.05) is 6.54 Å². The molecule has 0 heterocycles. The van der Waals surface area contributed by atoms with Crippen LogP contribution in [-0.2, 0) is 22.7 Å². The summed E-state index contributed by atoms with van der Waals surface area (Å²) in [7, 11) is -4.00. The lowest BCUT2D eigenvalue weighted by atomic mass is 9.95. The number of nitrogens with one attached hydrogen (secondary N) is 1. The zero-order valence-electron chi connectivity index (χ0n) is 15.7. The minimum absolute atomic E-state index is 0.107. The van der Waals surface area contributed by atoms with E-state index in [0.29, 0.717) is 17.2 Å². The minimum atomic E-state index is -4.71. The van der Waals surface area contributed by atoms with Gasteiger partial charge in [0.05, 0.1) is 10.5 Å². The summed E-state index contributed by atoms with van der Waals surface area (Å²) in [5.74, 6) is -1.08. The van der Waals surface area contributed by atoms with Gasteiger partial charge in [0.2, 0.25) is 10.0 Å². The molecule has 148 valence electrons. The average Bonchev–Trinajstić information content (AvgIpc) is 2.55. The lowest BCUT2D eigenvalue weighted by Gasteiger charge is -2.19. The van der Waals surface area contributed by atoms with Gasteiger partial charge in [0.1, 0.15) is 5.82 Å². The van der Waals surface area contributed by atoms with E-state index in [4.69, 9.17) is 0 Å². The first kappa shape index (κ1) is 21.4. The molecule has 3 nitrogen and oxygen atoms in total. The maximum Gasteiger partial charge on any atom is 0.416 e. The van der Waals surface area contributed by atoms with Crippen molar-refractivity contribution in [2.75, 3.05) is 0 Å². The fourth-order valence-electron chi connectivity index (χ4n) is 3.04. The van der Waals surface area contributed by atoms with Crippen LogP contribution in [0.25, 0.3) is 0 Å². The van der Waals surface area contributed by atoms with Crippen LogP contribution in [0.4, 0.5) is 17.6 Å². The summed E-state index contributed by atoms with van der Waals surface area (Å²) in [5, 5.41) is 0. The minimum Gasteiger partial charge on any atom is -0.207 e. The van der Waals surface area contributed by atoms with Gasteiger partial charge in [-0.25, -0.2) is 17.5 Å². The van der Waals surface area contributed by atoms with E-state index in [9.17, 15) is 26.0 Å². The molecule has 2 aromatic rings. The zero-order chi connectivity index (χ0) is 20.7. The summed E-state index contributed by atoms with van der Waals surface area (Å²) in [6.45, 7) is 8.46. The second kappa shape index (κ2) is 7.24. The standard InChI is InChI=1S/C19H21F4NO2S/c1-10-11(2)13(4)18(14(5)12(10)3)27(25,26)24-9-15-6-16(19(21,22)23)8-17(20)7-15/h6-8,24H,9H2,1-5H3. The van der Waals surface area contributed by atoms with E-state index in [1.807, 2.05) is 20.8 Å². The second-order valence-electron chi connectivity index (χ2n) is 6.62. The third-order valence-electron chi connectivity index (χ3n) is 4.95. The van der Waals surface area contributed by atoms with Gasteiger partial charge < -0.3 is 0 Å². The third kappa shape index (κ3) is 4.32. The van der Waals surface area contributed by atoms with E-state index in [1.54, 1.807) is 13.8 Å². The molecule has 0 saturated heterocycles. The van der Waals surface area contributed by atoms with Crippen molar-refractivity contribution in [1.29, 1.82) is 0 Å². The summed E-state index contributed by atoms with van der Waals surface area (Å²) < 4.78 is 79.8. The first-order valence-corrected chi connectivity index (χ1v) is 9.67. The summed E-state index contributed by atoms with van der Waals surface area (Å²) in [6, 6.07) is 1.99. The van der Waals surface area contributed by atoms with Gasteiger partial charge in [-0.15, -0.1) is 0 Å². The largest absolute Gasteiger partial charge is 0.416 e. The van der Waals surface area contributed by atoms with Crippen molar-refractivity contribution >= 4 is 10.0 Å². The zero-order valence-corrected chi connectivity index (χ0v) is 16.5. The fraction of sp³-hybridized carbons (Fsp3) is 0.368. The molecule has 8 heteroatoms. The van der Waals surface area contributed by atoms with E-state index < -0.39 is 34.1 Å². The Kier molecular flexibility index (Phi) is 5.73. The van der Waals surface area contributed by atoms with Crippen molar-refractivity contribution < 1.29 is 26.0 Å². The normalized spacial score (nSPS) is 12.5. The lowest BCUT2D eigenvalue weighted by molar-refractivity contribution is -0.137. The topological polar surface area (TPSA) is 46.2 Å². The van der Waals surface area contributed by atoms with Gasteiger partial charge in [-0.3, -0.25) is 0 Å². The van der Waals surface area contributed by atoms with E-state index in [2.05, 4.69) is 4.72 Å². The predicted octanol–water partition coefficient (Wildman–Crippen LogP) is 4.87. The Hall–Kier alpha value is -1.93. The lowest BCUT2D eigenvalue weighted by Crippen LogP contribution is -2.26. The van der Waals surface area contributed by atoms with E-state index >= 15 is 0 Å². The Balaban J connectivity index is 2.41. The smallest absolute Gasteiger partial charge is 0.207 e. The van der Waals surface area contributed by atoms with Gasteiger partial charge in [-0.1, -0.05) is 0 Å². The maximum absolute atomic E-state index is 13.5. The Morgan fingerprint density at radius 2 is 1.33 bits per heavy atom.